The first-order valence-corrected chi connectivity index (χ1v) is 5.61. The molecule has 0 unspecified atom stereocenters. The molecule has 0 aliphatic carbocycles. The summed E-state index contributed by atoms with van der Waals surface area (Å²) in [4.78, 5) is 25.1. The number of hydrogen-bond donors (Lipinski definition) is 2. The molecule has 2 aliphatic rings. The maximum atomic E-state index is 12.1. The minimum atomic E-state index is -0.704. The zero-order chi connectivity index (χ0) is 11.6. The van der Waals surface area contributed by atoms with Gasteiger partial charge in [-0.1, -0.05) is 0 Å². The normalized spacial score (nSPS) is 23.9. The van der Waals surface area contributed by atoms with E-state index >= 15 is 0 Å². The molecule has 0 bridgehead atoms. The van der Waals surface area contributed by atoms with E-state index in [9.17, 15) is 9.59 Å². The van der Waals surface area contributed by atoms with Gasteiger partial charge in [-0.15, -0.1) is 0 Å². The highest BCUT2D eigenvalue weighted by molar-refractivity contribution is 6.07. The number of amides is 3. The van der Waals surface area contributed by atoms with E-state index in [2.05, 4.69) is 5.32 Å². The number of carbonyl (C=O) groups excluding carboxylic acids is 2. The third kappa shape index (κ3) is 1.78. The average Bonchev–Trinajstić information content (AvgIpc) is 2.50. The van der Waals surface area contributed by atoms with E-state index in [0.29, 0.717) is 45.6 Å². The summed E-state index contributed by atoms with van der Waals surface area (Å²) in [5.41, 5.74) is 4.67. The van der Waals surface area contributed by atoms with Crippen LogP contribution in [0, 0.1) is 0 Å². The van der Waals surface area contributed by atoms with Gasteiger partial charge in [0.15, 0.2) is 0 Å². The molecule has 0 aromatic heterocycles. The second-order valence-corrected chi connectivity index (χ2v) is 4.22. The predicted octanol–water partition coefficient (Wildman–Crippen LogP) is -0.564. The Kier molecular flexibility index (Phi) is 3.11. The zero-order valence-corrected chi connectivity index (χ0v) is 9.20. The fourth-order valence-electron chi connectivity index (χ4n) is 2.19. The molecule has 16 heavy (non-hydrogen) atoms. The minimum Gasteiger partial charge on any atom is -0.381 e. The summed E-state index contributed by atoms with van der Waals surface area (Å²) in [5, 5.41) is 2.79. The van der Waals surface area contributed by atoms with Gasteiger partial charge in [-0.25, -0.2) is 4.79 Å². The van der Waals surface area contributed by atoms with E-state index in [1.165, 1.54) is 4.90 Å². The van der Waals surface area contributed by atoms with Crippen LogP contribution in [-0.2, 0) is 9.53 Å². The Balaban J connectivity index is 2.08. The van der Waals surface area contributed by atoms with Crippen LogP contribution in [0.15, 0.2) is 0 Å². The van der Waals surface area contributed by atoms with Crippen LogP contribution in [0.2, 0.25) is 0 Å². The van der Waals surface area contributed by atoms with Gasteiger partial charge in [-0.3, -0.25) is 9.69 Å². The molecule has 0 aromatic rings. The summed E-state index contributed by atoms with van der Waals surface area (Å²) >= 11 is 0. The molecule has 0 atom stereocenters. The molecule has 0 aromatic carbocycles. The molecule has 2 aliphatic heterocycles. The number of urea groups is 1. The maximum Gasteiger partial charge on any atom is 0.325 e. The topological polar surface area (TPSA) is 84.7 Å². The summed E-state index contributed by atoms with van der Waals surface area (Å²) < 4.78 is 5.21. The largest absolute Gasteiger partial charge is 0.381 e. The Hall–Kier alpha value is -1.14. The smallest absolute Gasteiger partial charge is 0.325 e. The van der Waals surface area contributed by atoms with Crippen molar-refractivity contribution in [1.29, 1.82) is 0 Å². The van der Waals surface area contributed by atoms with Crippen molar-refractivity contribution in [3.05, 3.63) is 0 Å². The number of nitrogens with zero attached hydrogens (tertiary/aromatic N) is 1. The summed E-state index contributed by atoms with van der Waals surface area (Å²) in [5.74, 6) is -0.116. The van der Waals surface area contributed by atoms with Gasteiger partial charge in [0, 0.05) is 32.6 Å². The Morgan fingerprint density at radius 1 is 1.38 bits per heavy atom. The molecule has 2 saturated heterocycles. The van der Waals surface area contributed by atoms with Crippen LogP contribution in [0.5, 0.6) is 0 Å². The van der Waals surface area contributed by atoms with Crippen molar-refractivity contribution in [3.63, 3.8) is 0 Å². The molecule has 2 rings (SSSR count). The molecule has 1 spiro atoms. The van der Waals surface area contributed by atoms with Crippen LogP contribution < -0.4 is 11.1 Å². The van der Waals surface area contributed by atoms with Gasteiger partial charge in [-0.2, -0.15) is 0 Å². The van der Waals surface area contributed by atoms with Gasteiger partial charge in [0.05, 0.1) is 0 Å². The molecule has 3 N–H and O–H groups in total. The molecule has 0 radical (unpaired) electrons. The standard InChI is InChI=1S/C10H17N3O3/c11-4-1-5-13-8(14)10(12-9(13)15)2-6-16-7-3-10/h1-7,11H2,(H,12,15). The van der Waals surface area contributed by atoms with Gasteiger partial charge in [-0.05, 0) is 13.0 Å². The van der Waals surface area contributed by atoms with Crippen LogP contribution in [0.4, 0.5) is 4.79 Å². The van der Waals surface area contributed by atoms with E-state index < -0.39 is 5.54 Å². The van der Waals surface area contributed by atoms with Crippen molar-refractivity contribution in [2.45, 2.75) is 24.8 Å². The quantitative estimate of drug-likeness (QED) is 0.633. The van der Waals surface area contributed by atoms with Crippen molar-refractivity contribution >= 4 is 11.9 Å². The first-order chi connectivity index (χ1) is 7.69. The third-order valence-electron chi connectivity index (χ3n) is 3.18. The van der Waals surface area contributed by atoms with Crippen molar-refractivity contribution in [2.75, 3.05) is 26.3 Å². The number of ether oxygens (including phenoxy) is 1. The van der Waals surface area contributed by atoms with Gasteiger partial charge in [0.1, 0.15) is 5.54 Å². The molecule has 90 valence electrons. The highest BCUT2D eigenvalue weighted by Gasteiger charge is 2.51. The van der Waals surface area contributed by atoms with Crippen LogP contribution >= 0.6 is 0 Å². The lowest BCUT2D eigenvalue weighted by Gasteiger charge is -2.30. The fraction of sp³-hybridized carbons (Fsp3) is 0.800. The van der Waals surface area contributed by atoms with E-state index in [1.54, 1.807) is 0 Å². The molecule has 3 amide bonds. The first-order valence-electron chi connectivity index (χ1n) is 5.61. The fourth-order valence-corrected chi connectivity index (χ4v) is 2.19. The lowest BCUT2D eigenvalue weighted by atomic mass is 9.90. The molecular formula is C10H17N3O3. The lowest BCUT2D eigenvalue weighted by molar-refractivity contribution is -0.134. The number of hydrogen-bond acceptors (Lipinski definition) is 4. The van der Waals surface area contributed by atoms with E-state index in [0.717, 1.165) is 0 Å². The monoisotopic (exact) mass is 227 g/mol. The van der Waals surface area contributed by atoms with Gasteiger partial charge < -0.3 is 15.8 Å². The summed E-state index contributed by atoms with van der Waals surface area (Å²) in [7, 11) is 0. The summed E-state index contributed by atoms with van der Waals surface area (Å²) in [6.07, 6.45) is 1.78. The number of imide groups is 1. The van der Waals surface area contributed by atoms with Crippen LogP contribution in [-0.4, -0.2) is 48.7 Å². The van der Waals surface area contributed by atoms with Gasteiger partial charge >= 0.3 is 6.03 Å². The second kappa shape index (κ2) is 4.39. The van der Waals surface area contributed by atoms with Crippen LogP contribution in [0.3, 0.4) is 0 Å². The summed E-state index contributed by atoms with van der Waals surface area (Å²) in [6, 6.07) is -0.291. The number of carbonyl (C=O) groups is 2. The Morgan fingerprint density at radius 3 is 2.69 bits per heavy atom. The lowest BCUT2D eigenvalue weighted by Crippen LogP contribution is -2.51. The van der Waals surface area contributed by atoms with Gasteiger partial charge in [0.2, 0.25) is 0 Å². The highest BCUT2D eigenvalue weighted by Crippen LogP contribution is 2.28. The summed E-state index contributed by atoms with van der Waals surface area (Å²) in [6.45, 7) is 1.93. The minimum absolute atomic E-state index is 0.116. The Morgan fingerprint density at radius 2 is 2.06 bits per heavy atom. The molecular weight excluding hydrogens is 210 g/mol. The van der Waals surface area contributed by atoms with E-state index in [-0.39, 0.29) is 11.9 Å². The van der Waals surface area contributed by atoms with Crippen molar-refractivity contribution in [3.8, 4) is 0 Å². The highest BCUT2D eigenvalue weighted by atomic mass is 16.5. The van der Waals surface area contributed by atoms with Crippen molar-refractivity contribution in [1.82, 2.24) is 10.2 Å². The first kappa shape index (κ1) is 11.3. The third-order valence-corrected chi connectivity index (χ3v) is 3.18. The van der Waals surface area contributed by atoms with Crippen LogP contribution in [0.1, 0.15) is 19.3 Å². The van der Waals surface area contributed by atoms with Crippen molar-refractivity contribution < 1.29 is 14.3 Å². The SMILES string of the molecule is NCCCN1C(=O)NC2(CCOCC2)C1=O. The van der Waals surface area contributed by atoms with Crippen molar-refractivity contribution in [2.24, 2.45) is 5.73 Å². The maximum absolute atomic E-state index is 12.1. The molecule has 6 nitrogen and oxygen atoms in total. The molecule has 2 fully saturated rings. The molecule has 2 heterocycles. The molecule has 6 heteroatoms. The second-order valence-electron chi connectivity index (χ2n) is 4.22. The van der Waals surface area contributed by atoms with E-state index in [1.807, 2.05) is 0 Å². The predicted molar refractivity (Wildman–Crippen MR) is 56.7 cm³/mol. The number of nitrogens with two attached hydrogens (primary N) is 1. The number of nitrogens with one attached hydrogen (secondary N) is 1. The Bertz CT molecular complexity index is 300. The molecule has 0 saturated carbocycles. The number of rotatable bonds is 3. The zero-order valence-electron chi connectivity index (χ0n) is 9.20. The van der Waals surface area contributed by atoms with Crippen LogP contribution in [0.25, 0.3) is 0 Å². The van der Waals surface area contributed by atoms with Gasteiger partial charge in [0.25, 0.3) is 5.91 Å². The average molecular weight is 227 g/mol. The van der Waals surface area contributed by atoms with E-state index in [4.69, 9.17) is 10.5 Å². The Labute approximate surface area is 94.1 Å².